The van der Waals surface area contributed by atoms with Gasteiger partial charge in [-0.1, -0.05) is 25.4 Å². The van der Waals surface area contributed by atoms with E-state index in [1.165, 1.54) is 5.56 Å². The predicted octanol–water partition coefficient (Wildman–Crippen LogP) is 3.20. The molecule has 0 saturated heterocycles. The average molecular weight is 265 g/mol. The molecule has 0 unspecified atom stereocenters. The third kappa shape index (κ3) is 3.01. The normalized spacial score (nSPS) is 10.9. The minimum Gasteiger partial charge on any atom is -0.381 e. The zero-order chi connectivity index (χ0) is 13.1. The predicted molar refractivity (Wildman–Crippen MR) is 73.9 cm³/mol. The number of nitrogens with one attached hydrogen (secondary N) is 1. The summed E-state index contributed by atoms with van der Waals surface area (Å²) in [7, 11) is 1.94. The molecule has 0 fully saturated rings. The fraction of sp³-hybridized carbons (Fsp3) is 0.385. The second-order valence-electron chi connectivity index (χ2n) is 4.59. The molecule has 1 N–H and O–H groups in total. The number of pyridine rings is 1. The summed E-state index contributed by atoms with van der Waals surface area (Å²) in [6, 6.07) is 3.71. The molecule has 0 aliphatic heterocycles. The van der Waals surface area contributed by atoms with Crippen molar-refractivity contribution >= 4 is 17.3 Å². The summed E-state index contributed by atoms with van der Waals surface area (Å²) in [6.07, 6.45) is 3.74. The molecule has 0 aromatic carbocycles. The van der Waals surface area contributed by atoms with E-state index in [0.717, 1.165) is 17.9 Å². The molecule has 0 amide bonds. The molecule has 0 atom stereocenters. The van der Waals surface area contributed by atoms with Crippen molar-refractivity contribution in [2.75, 3.05) is 5.32 Å². The van der Waals surface area contributed by atoms with Gasteiger partial charge in [0.1, 0.15) is 5.15 Å². The zero-order valence-electron chi connectivity index (χ0n) is 10.8. The van der Waals surface area contributed by atoms with Gasteiger partial charge in [-0.2, -0.15) is 5.10 Å². The van der Waals surface area contributed by atoms with Crippen molar-refractivity contribution in [1.82, 2.24) is 14.8 Å². The molecule has 2 aromatic heterocycles. The van der Waals surface area contributed by atoms with Gasteiger partial charge >= 0.3 is 0 Å². The second-order valence-corrected chi connectivity index (χ2v) is 4.98. The van der Waals surface area contributed by atoms with Crippen molar-refractivity contribution in [3.8, 4) is 0 Å². The molecule has 96 valence electrons. The van der Waals surface area contributed by atoms with Crippen LogP contribution in [0.5, 0.6) is 0 Å². The molecule has 0 bridgehead atoms. The SMILES string of the molecule is CC(C)c1nn(C)cc1CNc1ccnc(Cl)c1. The van der Waals surface area contributed by atoms with Crippen molar-refractivity contribution in [3.05, 3.63) is 40.9 Å². The Balaban J connectivity index is 2.10. The van der Waals surface area contributed by atoms with E-state index < -0.39 is 0 Å². The fourth-order valence-corrected chi connectivity index (χ4v) is 2.06. The number of hydrogen-bond acceptors (Lipinski definition) is 3. The number of aromatic nitrogens is 3. The maximum Gasteiger partial charge on any atom is 0.131 e. The van der Waals surface area contributed by atoms with Crippen LogP contribution in [0, 0.1) is 0 Å². The van der Waals surface area contributed by atoms with Gasteiger partial charge in [-0.05, 0) is 18.1 Å². The van der Waals surface area contributed by atoms with Crippen LogP contribution in [0.2, 0.25) is 5.15 Å². The van der Waals surface area contributed by atoms with Gasteiger partial charge in [0.15, 0.2) is 0 Å². The summed E-state index contributed by atoms with van der Waals surface area (Å²) in [5.41, 5.74) is 3.30. The topological polar surface area (TPSA) is 42.7 Å². The molecular weight excluding hydrogens is 248 g/mol. The molecule has 0 radical (unpaired) electrons. The molecule has 0 spiro atoms. The Hall–Kier alpha value is -1.55. The van der Waals surface area contributed by atoms with Gasteiger partial charge in [-0.3, -0.25) is 4.68 Å². The molecule has 2 rings (SSSR count). The first-order valence-electron chi connectivity index (χ1n) is 5.94. The van der Waals surface area contributed by atoms with Gasteiger partial charge in [0.25, 0.3) is 0 Å². The van der Waals surface area contributed by atoms with Gasteiger partial charge in [0.05, 0.1) is 5.69 Å². The van der Waals surface area contributed by atoms with Crippen LogP contribution in [-0.4, -0.2) is 14.8 Å². The van der Waals surface area contributed by atoms with Crippen LogP contribution in [0.1, 0.15) is 31.0 Å². The lowest BCUT2D eigenvalue weighted by Crippen LogP contribution is -2.02. The molecule has 2 heterocycles. The van der Waals surface area contributed by atoms with Crippen molar-refractivity contribution in [3.63, 3.8) is 0 Å². The smallest absolute Gasteiger partial charge is 0.131 e. The number of nitrogens with zero attached hydrogens (tertiary/aromatic N) is 3. The van der Waals surface area contributed by atoms with Crippen LogP contribution in [0.3, 0.4) is 0 Å². The average Bonchev–Trinajstić information content (AvgIpc) is 2.68. The Kier molecular flexibility index (Phi) is 3.87. The van der Waals surface area contributed by atoms with E-state index in [1.54, 1.807) is 6.20 Å². The minimum atomic E-state index is 0.420. The summed E-state index contributed by atoms with van der Waals surface area (Å²) in [5, 5.41) is 8.31. The molecule has 0 saturated carbocycles. The summed E-state index contributed by atoms with van der Waals surface area (Å²) >= 11 is 5.84. The maximum absolute atomic E-state index is 5.84. The summed E-state index contributed by atoms with van der Waals surface area (Å²) in [6.45, 7) is 5.03. The van der Waals surface area contributed by atoms with Gasteiger partial charge in [0.2, 0.25) is 0 Å². The molecular formula is C13H17ClN4. The minimum absolute atomic E-state index is 0.420. The van der Waals surface area contributed by atoms with E-state index in [1.807, 2.05) is 30.1 Å². The largest absolute Gasteiger partial charge is 0.381 e. The zero-order valence-corrected chi connectivity index (χ0v) is 11.6. The van der Waals surface area contributed by atoms with Crippen molar-refractivity contribution in [2.45, 2.75) is 26.3 Å². The highest BCUT2D eigenvalue weighted by Gasteiger charge is 2.10. The Morgan fingerprint density at radius 1 is 1.44 bits per heavy atom. The maximum atomic E-state index is 5.84. The van der Waals surface area contributed by atoms with E-state index in [9.17, 15) is 0 Å². The van der Waals surface area contributed by atoms with Gasteiger partial charge in [0, 0.05) is 37.2 Å². The van der Waals surface area contributed by atoms with E-state index in [0.29, 0.717) is 11.1 Å². The highest BCUT2D eigenvalue weighted by Crippen LogP contribution is 2.19. The Morgan fingerprint density at radius 3 is 2.89 bits per heavy atom. The number of rotatable bonds is 4. The van der Waals surface area contributed by atoms with Crippen molar-refractivity contribution < 1.29 is 0 Å². The van der Waals surface area contributed by atoms with Crippen LogP contribution in [-0.2, 0) is 13.6 Å². The second kappa shape index (κ2) is 5.40. The van der Waals surface area contributed by atoms with Crippen LogP contribution >= 0.6 is 11.6 Å². The molecule has 5 heteroatoms. The van der Waals surface area contributed by atoms with Gasteiger partial charge in [-0.15, -0.1) is 0 Å². The number of halogens is 1. The number of aryl methyl sites for hydroxylation is 1. The third-order valence-corrected chi connectivity index (χ3v) is 2.90. The Bertz CT molecular complexity index is 534. The van der Waals surface area contributed by atoms with E-state index in [2.05, 4.69) is 29.2 Å². The number of anilines is 1. The van der Waals surface area contributed by atoms with Gasteiger partial charge in [-0.25, -0.2) is 4.98 Å². The first kappa shape index (κ1) is 12.9. The Morgan fingerprint density at radius 2 is 2.22 bits per heavy atom. The molecule has 18 heavy (non-hydrogen) atoms. The summed E-state index contributed by atoms with van der Waals surface area (Å²) in [4.78, 5) is 3.95. The molecule has 4 nitrogen and oxygen atoms in total. The lowest BCUT2D eigenvalue weighted by molar-refractivity contribution is 0.712. The Labute approximate surface area is 112 Å². The van der Waals surface area contributed by atoms with Crippen LogP contribution in [0.25, 0.3) is 0 Å². The highest BCUT2D eigenvalue weighted by molar-refractivity contribution is 6.29. The third-order valence-electron chi connectivity index (χ3n) is 2.69. The fourth-order valence-electron chi connectivity index (χ4n) is 1.89. The van der Waals surface area contributed by atoms with E-state index >= 15 is 0 Å². The van der Waals surface area contributed by atoms with Crippen molar-refractivity contribution in [1.29, 1.82) is 0 Å². The monoisotopic (exact) mass is 264 g/mol. The molecule has 2 aromatic rings. The summed E-state index contributed by atoms with van der Waals surface area (Å²) in [5.74, 6) is 0.420. The first-order chi connectivity index (χ1) is 8.56. The quantitative estimate of drug-likeness (QED) is 0.863. The highest BCUT2D eigenvalue weighted by atomic mass is 35.5. The van der Waals surface area contributed by atoms with E-state index in [-0.39, 0.29) is 0 Å². The lowest BCUT2D eigenvalue weighted by atomic mass is 10.1. The number of hydrogen-bond donors (Lipinski definition) is 1. The van der Waals surface area contributed by atoms with Crippen molar-refractivity contribution in [2.24, 2.45) is 7.05 Å². The van der Waals surface area contributed by atoms with Crippen LogP contribution in [0.4, 0.5) is 5.69 Å². The standard InChI is InChI=1S/C13H17ClN4/c1-9(2)13-10(8-18(3)17-13)7-16-11-4-5-15-12(14)6-11/h4-6,8-9H,7H2,1-3H3,(H,15,16). The molecule has 0 aliphatic carbocycles. The van der Waals surface area contributed by atoms with Crippen LogP contribution < -0.4 is 5.32 Å². The lowest BCUT2D eigenvalue weighted by Gasteiger charge is -2.08. The van der Waals surface area contributed by atoms with E-state index in [4.69, 9.17) is 11.6 Å². The summed E-state index contributed by atoms with van der Waals surface area (Å²) < 4.78 is 1.85. The van der Waals surface area contributed by atoms with Gasteiger partial charge < -0.3 is 5.32 Å². The van der Waals surface area contributed by atoms with Crippen LogP contribution in [0.15, 0.2) is 24.5 Å². The molecule has 0 aliphatic rings. The first-order valence-corrected chi connectivity index (χ1v) is 6.32.